The van der Waals surface area contributed by atoms with Crippen molar-refractivity contribution in [1.29, 1.82) is 0 Å². The van der Waals surface area contributed by atoms with Gasteiger partial charge in [-0.25, -0.2) is 0 Å². The second kappa shape index (κ2) is 4.89. The van der Waals surface area contributed by atoms with E-state index in [9.17, 15) is 4.79 Å². The van der Waals surface area contributed by atoms with Crippen molar-refractivity contribution in [2.24, 2.45) is 5.92 Å². The molecule has 1 unspecified atom stereocenters. The van der Waals surface area contributed by atoms with Crippen molar-refractivity contribution in [3.63, 3.8) is 0 Å². The summed E-state index contributed by atoms with van der Waals surface area (Å²) in [7, 11) is 0. The van der Waals surface area contributed by atoms with Gasteiger partial charge in [-0.3, -0.25) is 9.78 Å². The van der Waals surface area contributed by atoms with Crippen LogP contribution in [0.3, 0.4) is 0 Å². The molecule has 1 amide bonds. The molecule has 3 heteroatoms. The summed E-state index contributed by atoms with van der Waals surface area (Å²) >= 11 is 0. The maximum atomic E-state index is 11.7. The zero-order valence-corrected chi connectivity index (χ0v) is 12.0. The van der Waals surface area contributed by atoms with Crippen molar-refractivity contribution in [2.45, 2.75) is 38.6 Å². The average molecular weight is 268 g/mol. The van der Waals surface area contributed by atoms with E-state index in [1.165, 1.54) is 5.56 Å². The Morgan fingerprint density at radius 2 is 2.10 bits per heavy atom. The highest BCUT2D eigenvalue weighted by Gasteiger charge is 2.40. The number of fused-ring (bicyclic) bond motifs is 1. The number of hydrogen-bond donors (Lipinski definition) is 1. The number of carbonyl (C=O) groups excluding carboxylic acids is 1. The Balaban J connectivity index is 2.01. The quantitative estimate of drug-likeness (QED) is 0.929. The molecule has 20 heavy (non-hydrogen) atoms. The first-order valence-electron chi connectivity index (χ1n) is 7.24. The Hall–Kier alpha value is -1.90. The fourth-order valence-electron chi connectivity index (χ4n) is 3.16. The predicted molar refractivity (Wildman–Crippen MR) is 80.4 cm³/mol. The number of amides is 1. The first kappa shape index (κ1) is 13.1. The van der Waals surface area contributed by atoms with Crippen molar-refractivity contribution in [2.75, 3.05) is 0 Å². The van der Waals surface area contributed by atoms with Gasteiger partial charge < -0.3 is 5.32 Å². The molecule has 1 aliphatic rings. The molecule has 1 aliphatic heterocycles. The molecule has 0 bridgehead atoms. The summed E-state index contributed by atoms with van der Waals surface area (Å²) < 4.78 is 0. The van der Waals surface area contributed by atoms with Gasteiger partial charge >= 0.3 is 0 Å². The van der Waals surface area contributed by atoms with E-state index in [1.54, 1.807) is 0 Å². The van der Waals surface area contributed by atoms with E-state index in [1.807, 2.05) is 12.3 Å². The highest BCUT2D eigenvalue weighted by molar-refractivity contribution is 5.83. The molecule has 1 fully saturated rings. The number of nitrogens with zero attached hydrogens (tertiary/aromatic N) is 1. The number of aromatic nitrogens is 1. The third kappa shape index (κ3) is 2.17. The number of pyridine rings is 1. The summed E-state index contributed by atoms with van der Waals surface area (Å²) in [5.74, 6) is 0.583. The lowest BCUT2D eigenvalue weighted by atomic mass is 9.79. The molecule has 3 rings (SSSR count). The van der Waals surface area contributed by atoms with E-state index in [0.717, 1.165) is 23.7 Å². The summed E-state index contributed by atoms with van der Waals surface area (Å²) in [6, 6.07) is 10.3. The Kier molecular flexibility index (Phi) is 3.20. The SMILES string of the molecule is CC(C)C1(Cc2cccc3cccnc23)CCC(=O)N1. The number of benzene rings is 1. The highest BCUT2D eigenvalue weighted by atomic mass is 16.2. The van der Waals surface area contributed by atoms with Crippen LogP contribution in [0, 0.1) is 5.92 Å². The van der Waals surface area contributed by atoms with Crippen LogP contribution in [-0.2, 0) is 11.2 Å². The maximum Gasteiger partial charge on any atom is 0.220 e. The number of carbonyl (C=O) groups is 1. The first-order valence-corrected chi connectivity index (χ1v) is 7.24. The van der Waals surface area contributed by atoms with Crippen LogP contribution in [0.15, 0.2) is 36.5 Å². The Labute approximate surface area is 119 Å². The Morgan fingerprint density at radius 3 is 2.80 bits per heavy atom. The monoisotopic (exact) mass is 268 g/mol. The molecule has 0 aliphatic carbocycles. The largest absolute Gasteiger partial charge is 0.350 e. The van der Waals surface area contributed by atoms with E-state index < -0.39 is 0 Å². The predicted octanol–water partition coefficient (Wildman–Crippen LogP) is 3.08. The van der Waals surface area contributed by atoms with Gasteiger partial charge in [0, 0.05) is 23.5 Å². The molecule has 0 radical (unpaired) electrons. The summed E-state index contributed by atoms with van der Waals surface area (Å²) in [5, 5.41) is 4.37. The molecule has 2 aromatic rings. The van der Waals surface area contributed by atoms with Gasteiger partial charge in [0.05, 0.1) is 5.52 Å². The Bertz CT molecular complexity index is 645. The lowest BCUT2D eigenvalue weighted by Crippen LogP contribution is -2.48. The van der Waals surface area contributed by atoms with E-state index in [4.69, 9.17) is 0 Å². The molecular weight excluding hydrogens is 248 g/mol. The van der Waals surface area contributed by atoms with Crippen LogP contribution >= 0.6 is 0 Å². The molecular formula is C17H20N2O. The van der Waals surface area contributed by atoms with Crippen LogP contribution in [0.25, 0.3) is 10.9 Å². The molecule has 2 heterocycles. The number of rotatable bonds is 3. The number of hydrogen-bond acceptors (Lipinski definition) is 2. The van der Waals surface area contributed by atoms with Crippen molar-refractivity contribution in [1.82, 2.24) is 10.3 Å². The highest BCUT2D eigenvalue weighted by Crippen LogP contribution is 2.33. The minimum Gasteiger partial charge on any atom is -0.350 e. The molecule has 1 aromatic heterocycles. The molecule has 1 saturated heterocycles. The van der Waals surface area contributed by atoms with E-state index in [2.05, 4.69) is 48.4 Å². The van der Waals surface area contributed by atoms with Gasteiger partial charge in [-0.1, -0.05) is 38.1 Å². The third-order valence-corrected chi connectivity index (χ3v) is 4.51. The first-order chi connectivity index (χ1) is 9.61. The van der Waals surface area contributed by atoms with Crippen LogP contribution in [0.2, 0.25) is 0 Å². The third-order valence-electron chi connectivity index (χ3n) is 4.51. The maximum absolute atomic E-state index is 11.7. The fraction of sp³-hybridized carbons (Fsp3) is 0.412. The summed E-state index contributed by atoms with van der Waals surface area (Å²) in [6.45, 7) is 4.37. The smallest absolute Gasteiger partial charge is 0.220 e. The molecule has 0 saturated carbocycles. The van der Waals surface area contributed by atoms with E-state index >= 15 is 0 Å². The zero-order valence-electron chi connectivity index (χ0n) is 12.0. The number of nitrogens with one attached hydrogen (secondary N) is 1. The summed E-state index contributed by atoms with van der Waals surface area (Å²) in [6.07, 6.45) is 4.23. The lowest BCUT2D eigenvalue weighted by Gasteiger charge is -2.34. The summed E-state index contributed by atoms with van der Waals surface area (Å²) in [5.41, 5.74) is 2.15. The normalized spacial score (nSPS) is 22.4. The second-order valence-corrected chi connectivity index (χ2v) is 6.03. The van der Waals surface area contributed by atoms with Gasteiger partial charge in [-0.05, 0) is 30.4 Å². The van der Waals surface area contributed by atoms with E-state index in [-0.39, 0.29) is 11.4 Å². The molecule has 1 N–H and O–H groups in total. The van der Waals surface area contributed by atoms with Gasteiger partial charge in [0.25, 0.3) is 0 Å². The number of para-hydroxylation sites is 1. The van der Waals surface area contributed by atoms with Crippen LogP contribution in [0.1, 0.15) is 32.3 Å². The van der Waals surface area contributed by atoms with Crippen LogP contribution in [0.4, 0.5) is 0 Å². The van der Waals surface area contributed by atoms with Crippen LogP contribution < -0.4 is 5.32 Å². The van der Waals surface area contributed by atoms with Crippen molar-refractivity contribution < 1.29 is 4.79 Å². The molecule has 1 atom stereocenters. The van der Waals surface area contributed by atoms with Gasteiger partial charge in [0.15, 0.2) is 0 Å². The molecule has 3 nitrogen and oxygen atoms in total. The second-order valence-electron chi connectivity index (χ2n) is 6.03. The minimum absolute atomic E-state index is 0.122. The van der Waals surface area contributed by atoms with Crippen LogP contribution in [-0.4, -0.2) is 16.4 Å². The Morgan fingerprint density at radius 1 is 1.30 bits per heavy atom. The zero-order chi connectivity index (χ0) is 14.2. The van der Waals surface area contributed by atoms with Crippen molar-refractivity contribution in [3.8, 4) is 0 Å². The molecule has 0 spiro atoms. The summed E-state index contributed by atoms with van der Waals surface area (Å²) in [4.78, 5) is 16.2. The lowest BCUT2D eigenvalue weighted by molar-refractivity contribution is -0.120. The van der Waals surface area contributed by atoms with Crippen LogP contribution in [0.5, 0.6) is 0 Å². The fourth-order valence-corrected chi connectivity index (χ4v) is 3.16. The molecule has 1 aromatic carbocycles. The average Bonchev–Trinajstić information content (AvgIpc) is 2.82. The van der Waals surface area contributed by atoms with E-state index in [0.29, 0.717) is 12.3 Å². The van der Waals surface area contributed by atoms with Crippen molar-refractivity contribution in [3.05, 3.63) is 42.1 Å². The van der Waals surface area contributed by atoms with Gasteiger partial charge in [0.1, 0.15) is 0 Å². The standard InChI is InChI=1S/C17H20N2O/c1-12(2)17(9-8-15(20)19-17)11-14-6-3-5-13-7-4-10-18-16(13)14/h3-7,10,12H,8-9,11H2,1-2H3,(H,19,20). The van der Waals surface area contributed by atoms with Gasteiger partial charge in [-0.2, -0.15) is 0 Å². The molecule has 104 valence electrons. The van der Waals surface area contributed by atoms with Gasteiger partial charge in [0.2, 0.25) is 5.91 Å². The topological polar surface area (TPSA) is 42.0 Å². The van der Waals surface area contributed by atoms with Gasteiger partial charge in [-0.15, -0.1) is 0 Å². The van der Waals surface area contributed by atoms with Crippen molar-refractivity contribution >= 4 is 16.8 Å². The minimum atomic E-state index is -0.122.